The number of thioether (sulfide) groups is 1. The van der Waals surface area contributed by atoms with E-state index in [2.05, 4.69) is 24.1 Å². The molecule has 1 heterocycles. The molecule has 17 heavy (non-hydrogen) atoms. The Labute approximate surface area is 106 Å². The van der Waals surface area contributed by atoms with Crippen LogP contribution in [-0.2, 0) is 4.79 Å². The van der Waals surface area contributed by atoms with Gasteiger partial charge in [0.15, 0.2) is 0 Å². The number of anilines is 1. The van der Waals surface area contributed by atoms with Gasteiger partial charge in [-0.25, -0.2) is 4.98 Å². The lowest BCUT2D eigenvalue weighted by Gasteiger charge is -2.17. The molecule has 4 nitrogen and oxygen atoms in total. The fourth-order valence-electron chi connectivity index (χ4n) is 1.08. The number of hydrogen-bond donors (Lipinski definition) is 2. The predicted octanol–water partition coefficient (Wildman–Crippen LogP) is 1.92. The molecular weight excluding hydrogens is 234 g/mol. The molecule has 0 aliphatic carbocycles. The summed E-state index contributed by atoms with van der Waals surface area (Å²) in [5, 5.41) is 3.76. The molecule has 5 heteroatoms. The number of carbonyl (C=O) groups excluding carboxylic acids is 1. The number of pyridine rings is 1. The van der Waals surface area contributed by atoms with Gasteiger partial charge in [-0.1, -0.05) is 25.6 Å². The van der Waals surface area contributed by atoms with E-state index in [1.54, 1.807) is 12.3 Å². The molecule has 1 rings (SSSR count). The van der Waals surface area contributed by atoms with Crippen molar-refractivity contribution in [2.45, 2.75) is 31.8 Å². The van der Waals surface area contributed by atoms with Crippen molar-refractivity contribution in [3.05, 3.63) is 18.3 Å². The zero-order valence-electron chi connectivity index (χ0n) is 10.4. The predicted molar refractivity (Wildman–Crippen MR) is 71.8 cm³/mol. The molecule has 0 spiro atoms. The normalized spacial score (nSPS) is 12.5. The number of rotatable bonds is 5. The molecule has 0 bridgehead atoms. The van der Waals surface area contributed by atoms with E-state index in [1.807, 2.05) is 13.0 Å². The van der Waals surface area contributed by atoms with Crippen molar-refractivity contribution in [1.82, 2.24) is 10.3 Å². The summed E-state index contributed by atoms with van der Waals surface area (Å²) in [7, 11) is 0. The Morgan fingerprint density at radius 1 is 1.47 bits per heavy atom. The molecule has 1 aromatic rings. The van der Waals surface area contributed by atoms with E-state index in [4.69, 9.17) is 5.73 Å². The highest BCUT2D eigenvalue weighted by molar-refractivity contribution is 7.99. The molecule has 1 aromatic heterocycles. The van der Waals surface area contributed by atoms with Gasteiger partial charge in [0.25, 0.3) is 0 Å². The van der Waals surface area contributed by atoms with Crippen LogP contribution in [0.4, 0.5) is 5.69 Å². The highest BCUT2D eigenvalue weighted by atomic mass is 32.2. The van der Waals surface area contributed by atoms with Crippen LogP contribution in [0.5, 0.6) is 0 Å². The van der Waals surface area contributed by atoms with Crippen LogP contribution in [0.15, 0.2) is 23.4 Å². The number of nitrogen functional groups attached to an aromatic ring is 1. The Morgan fingerprint density at radius 3 is 2.71 bits per heavy atom. The second-order valence-electron chi connectivity index (χ2n) is 4.32. The van der Waals surface area contributed by atoms with E-state index in [0.717, 1.165) is 5.03 Å². The van der Waals surface area contributed by atoms with Crippen LogP contribution in [0, 0.1) is 5.92 Å². The Hall–Kier alpha value is -1.23. The van der Waals surface area contributed by atoms with E-state index in [1.165, 1.54) is 11.8 Å². The fraction of sp³-hybridized carbons (Fsp3) is 0.500. The van der Waals surface area contributed by atoms with Crippen LogP contribution in [-0.4, -0.2) is 22.7 Å². The van der Waals surface area contributed by atoms with E-state index in [0.29, 0.717) is 17.4 Å². The second-order valence-corrected chi connectivity index (χ2v) is 5.31. The van der Waals surface area contributed by atoms with Crippen molar-refractivity contribution in [3.8, 4) is 0 Å². The Bertz CT molecular complexity index is 365. The van der Waals surface area contributed by atoms with E-state index in [9.17, 15) is 4.79 Å². The minimum atomic E-state index is 0.0369. The van der Waals surface area contributed by atoms with Gasteiger partial charge in [-0.15, -0.1) is 0 Å². The number of nitrogens with one attached hydrogen (secondary N) is 1. The highest BCUT2D eigenvalue weighted by Crippen LogP contribution is 2.15. The lowest BCUT2D eigenvalue weighted by atomic mass is 10.1. The number of aromatic nitrogens is 1. The van der Waals surface area contributed by atoms with Crippen LogP contribution in [0.2, 0.25) is 0 Å². The van der Waals surface area contributed by atoms with Gasteiger partial charge in [0.1, 0.15) is 0 Å². The maximum Gasteiger partial charge on any atom is 0.230 e. The maximum atomic E-state index is 11.6. The SMILES string of the molecule is CC(C)C(C)NC(=O)CSc1ccc(N)cn1. The lowest BCUT2D eigenvalue weighted by Crippen LogP contribution is -2.37. The van der Waals surface area contributed by atoms with E-state index < -0.39 is 0 Å². The molecule has 0 aliphatic heterocycles. The summed E-state index contributed by atoms with van der Waals surface area (Å²) in [6, 6.07) is 3.80. The van der Waals surface area contributed by atoms with Gasteiger partial charge < -0.3 is 11.1 Å². The van der Waals surface area contributed by atoms with Crippen molar-refractivity contribution in [2.24, 2.45) is 5.92 Å². The van der Waals surface area contributed by atoms with E-state index in [-0.39, 0.29) is 11.9 Å². The van der Waals surface area contributed by atoms with Crippen LogP contribution >= 0.6 is 11.8 Å². The third-order valence-corrected chi connectivity index (χ3v) is 3.44. The molecule has 0 radical (unpaired) electrons. The Morgan fingerprint density at radius 2 is 2.18 bits per heavy atom. The van der Waals surface area contributed by atoms with Crippen LogP contribution in [0.1, 0.15) is 20.8 Å². The summed E-state index contributed by atoms with van der Waals surface area (Å²) in [6.07, 6.45) is 1.59. The first-order valence-electron chi connectivity index (χ1n) is 5.62. The fourth-order valence-corrected chi connectivity index (χ4v) is 1.73. The molecule has 0 saturated carbocycles. The van der Waals surface area contributed by atoms with Gasteiger partial charge in [0.05, 0.1) is 22.7 Å². The molecule has 0 saturated heterocycles. The summed E-state index contributed by atoms with van der Waals surface area (Å²) < 4.78 is 0. The lowest BCUT2D eigenvalue weighted by molar-refractivity contribution is -0.119. The number of nitrogens with two attached hydrogens (primary N) is 1. The van der Waals surface area contributed by atoms with Crippen LogP contribution < -0.4 is 11.1 Å². The number of amides is 1. The zero-order valence-corrected chi connectivity index (χ0v) is 11.3. The quantitative estimate of drug-likeness (QED) is 0.787. The topological polar surface area (TPSA) is 68.0 Å². The van der Waals surface area contributed by atoms with Crippen LogP contribution in [0.25, 0.3) is 0 Å². The average Bonchev–Trinajstić information content (AvgIpc) is 2.28. The maximum absolute atomic E-state index is 11.6. The van der Waals surface area contributed by atoms with Crippen molar-refractivity contribution in [1.29, 1.82) is 0 Å². The first-order chi connectivity index (χ1) is 7.99. The van der Waals surface area contributed by atoms with Gasteiger partial charge in [-0.2, -0.15) is 0 Å². The van der Waals surface area contributed by atoms with Gasteiger partial charge in [-0.3, -0.25) is 4.79 Å². The van der Waals surface area contributed by atoms with Crippen molar-refractivity contribution < 1.29 is 4.79 Å². The summed E-state index contributed by atoms with van der Waals surface area (Å²) in [6.45, 7) is 6.17. The van der Waals surface area contributed by atoms with Gasteiger partial charge in [-0.05, 0) is 25.0 Å². The molecule has 94 valence electrons. The number of hydrogen-bond acceptors (Lipinski definition) is 4. The summed E-state index contributed by atoms with van der Waals surface area (Å²) in [4.78, 5) is 15.7. The van der Waals surface area contributed by atoms with E-state index >= 15 is 0 Å². The third-order valence-electron chi connectivity index (χ3n) is 2.50. The molecule has 1 atom stereocenters. The highest BCUT2D eigenvalue weighted by Gasteiger charge is 2.10. The van der Waals surface area contributed by atoms with Crippen LogP contribution in [0.3, 0.4) is 0 Å². The first kappa shape index (κ1) is 13.8. The Kier molecular flexibility index (Phi) is 5.28. The van der Waals surface area contributed by atoms with Gasteiger partial charge >= 0.3 is 0 Å². The molecule has 1 amide bonds. The zero-order chi connectivity index (χ0) is 12.8. The third kappa shape index (κ3) is 5.08. The standard InChI is InChI=1S/C12H19N3OS/c1-8(2)9(3)15-11(16)7-17-12-5-4-10(13)6-14-12/h4-6,8-9H,7,13H2,1-3H3,(H,15,16). The smallest absolute Gasteiger partial charge is 0.230 e. The van der Waals surface area contributed by atoms with Crippen molar-refractivity contribution >= 4 is 23.4 Å². The summed E-state index contributed by atoms with van der Waals surface area (Å²) in [5.74, 6) is 0.863. The molecular formula is C12H19N3OS. The minimum Gasteiger partial charge on any atom is -0.397 e. The number of nitrogens with zero attached hydrogens (tertiary/aromatic N) is 1. The average molecular weight is 253 g/mol. The summed E-state index contributed by atoms with van der Waals surface area (Å²) in [5.41, 5.74) is 6.16. The largest absolute Gasteiger partial charge is 0.397 e. The first-order valence-corrected chi connectivity index (χ1v) is 6.61. The monoisotopic (exact) mass is 253 g/mol. The van der Waals surface area contributed by atoms with Gasteiger partial charge in [0.2, 0.25) is 5.91 Å². The van der Waals surface area contributed by atoms with Gasteiger partial charge in [0, 0.05) is 6.04 Å². The Balaban J connectivity index is 2.35. The molecule has 0 aromatic carbocycles. The molecule has 0 fully saturated rings. The minimum absolute atomic E-state index is 0.0369. The van der Waals surface area contributed by atoms with Crippen molar-refractivity contribution in [3.63, 3.8) is 0 Å². The number of carbonyl (C=O) groups is 1. The molecule has 1 unspecified atom stereocenters. The molecule has 0 aliphatic rings. The van der Waals surface area contributed by atoms with Crippen molar-refractivity contribution in [2.75, 3.05) is 11.5 Å². The second kappa shape index (κ2) is 6.49. The molecule has 3 N–H and O–H groups in total. The summed E-state index contributed by atoms with van der Waals surface area (Å²) >= 11 is 1.41.